The fraction of sp³-hybridized carbons (Fsp3) is 0.786. The summed E-state index contributed by atoms with van der Waals surface area (Å²) in [6.45, 7) is -0.383. The summed E-state index contributed by atoms with van der Waals surface area (Å²) in [7, 11) is -4.67. The third-order valence-corrected chi connectivity index (χ3v) is 3.24. The summed E-state index contributed by atoms with van der Waals surface area (Å²) in [5, 5.41) is 81.7. The van der Waals surface area contributed by atoms with Crippen LogP contribution in [0.25, 0.3) is 0 Å². The molecule has 18 heteroatoms. The highest BCUT2D eigenvalue weighted by molar-refractivity contribution is 7.79. The smallest absolute Gasteiger partial charge is 0.394 e. The zero-order valence-corrected chi connectivity index (χ0v) is 17.4. The summed E-state index contributed by atoms with van der Waals surface area (Å²) in [6, 6.07) is -1.32. The first kappa shape index (κ1) is 34.9. The molecule has 192 valence electrons. The van der Waals surface area contributed by atoms with Crippen LogP contribution in [-0.4, -0.2) is 144 Å². The van der Waals surface area contributed by atoms with E-state index in [4.69, 9.17) is 53.3 Å². The summed E-state index contributed by atoms with van der Waals surface area (Å²) < 4.78 is 31.6. The van der Waals surface area contributed by atoms with Gasteiger partial charge in [-0.2, -0.15) is 8.42 Å². The molecule has 0 aromatic rings. The summed E-state index contributed by atoms with van der Waals surface area (Å²) in [5.74, 6) is -0.558. The van der Waals surface area contributed by atoms with Crippen LogP contribution in [0.5, 0.6) is 0 Å². The fourth-order valence-corrected chi connectivity index (χ4v) is 1.60. The number of hydrogen-bond acceptors (Lipinski definition) is 14. The number of carbonyl (C=O) groups is 3. The van der Waals surface area contributed by atoms with Crippen LogP contribution in [0.2, 0.25) is 0 Å². The Morgan fingerprint density at radius 2 is 1.12 bits per heavy atom. The minimum absolute atomic E-state index is 0.0258. The van der Waals surface area contributed by atoms with E-state index in [1.165, 1.54) is 0 Å². The minimum atomic E-state index is -4.67. The minimum Gasteiger partial charge on any atom is -0.394 e. The molecule has 0 saturated heterocycles. The predicted octanol–water partition coefficient (Wildman–Crippen LogP) is -7.27. The molecule has 0 aliphatic heterocycles. The molecular weight excluding hydrogens is 470 g/mol. The van der Waals surface area contributed by atoms with Gasteiger partial charge in [0, 0.05) is 6.92 Å². The molecule has 0 aliphatic rings. The summed E-state index contributed by atoms with van der Waals surface area (Å²) in [5.41, 5.74) is 0. The van der Waals surface area contributed by atoms with Gasteiger partial charge < -0.3 is 60.9 Å². The molecule has 0 bridgehead atoms. The van der Waals surface area contributed by atoms with Crippen LogP contribution in [0.4, 0.5) is 0 Å². The Balaban J connectivity index is -0.000000441. The lowest BCUT2D eigenvalue weighted by atomic mass is 10.0. The van der Waals surface area contributed by atoms with E-state index in [2.05, 4.69) is 5.32 Å². The van der Waals surface area contributed by atoms with Crippen molar-refractivity contribution in [2.45, 2.75) is 55.7 Å². The monoisotopic (exact) mass is 499 g/mol. The number of carbonyl (C=O) groups excluding carboxylic acids is 3. The number of rotatable bonds is 11. The van der Waals surface area contributed by atoms with E-state index in [-0.39, 0.29) is 12.6 Å². The molecule has 0 spiro atoms. The molecule has 0 saturated carbocycles. The van der Waals surface area contributed by atoms with Gasteiger partial charge in [0.2, 0.25) is 5.91 Å². The molecule has 0 rings (SSSR count). The maximum absolute atomic E-state index is 10.6. The molecule has 8 atom stereocenters. The van der Waals surface area contributed by atoms with Crippen LogP contribution in [-0.2, 0) is 24.8 Å². The van der Waals surface area contributed by atoms with Gasteiger partial charge in [-0.05, 0) is 0 Å². The Labute approximate surface area is 181 Å². The average molecular weight is 499 g/mol. The van der Waals surface area contributed by atoms with Crippen LogP contribution in [0.3, 0.4) is 0 Å². The number of aliphatic hydroxyl groups excluding tert-OH is 9. The van der Waals surface area contributed by atoms with Crippen molar-refractivity contribution in [2.24, 2.45) is 0 Å². The van der Waals surface area contributed by atoms with Crippen LogP contribution < -0.4 is 5.32 Å². The highest BCUT2D eigenvalue weighted by Gasteiger charge is 2.31. The Morgan fingerprint density at radius 1 is 0.781 bits per heavy atom. The largest absolute Gasteiger partial charge is 0.394 e. The number of hydrogen-bond donors (Lipinski definition) is 12. The molecule has 0 radical (unpaired) electrons. The van der Waals surface area contributed by atoms with Crippen molar-refractivity contribution in [3.8, 4) is 0 Å². The normalized spacial score (nSPS) is 18.5. The summed E-state index contributed by atoms with van der Waals surface area (Å²) in [4.78, 5) is 31.0. The average Bonchev–Trinajstić information content (AvgIpc) is 2.72. The molecule has 0 aromatic heterocycles. The van der Waals surface area contributed by atoms with E-state index >= 15 is 0 Å². The maximum Gasteiger partial charge on any atom is 0.394 e. The van der Waals surface area contributed by atoms with E-state index in [1.807, 2.05) is 0 Å². The van der Waals surface area contributed by atoms with Gasteiger partial charge >= 0.3 is 10.4 Å². The highest BCUT2D eigenvalue weighted by Crippen LogP contribution is 2.04. The molecule has 17 nitrogen and oxygen atoms in total. The molecule has 0 heterocycles. The van der Waals surface area contributed by atoms with Crippen molar-refractivity contribution in [2.75, 3.05) is 13.2 Å². The zero-order valence-electron chi connectivity index (χ0n) is 16.6. The SMILES string of the molecule is CC(=O)N[C@@H](C=O)[C@@H](O)[C@H](O)[C@H](O)CO.O=C[C@H](O)[C@@H](O)[C@@H](O)[C@H](O)CO.O=S(=O)(O)O. The van der Waals surface area contributed by atoms with Gasteiger partial charge in [-0.3, -0.25) is 13.9 Å². The maximum atomic E-state index is 10.6. The van der Waals surface area contributed by atoms with Crippen molar-refractivity contribution in [1.82, 2.24) is 5.32 Å². The Bertz CT molecular complexity index is 622. The zero-order chi connectivity index (χ0) is 26.2. The van der Waals surface area contributed by atoms with Gasteiger partial charge in [0.05, 0.1) is 13.2 Å². The predicted molar refractivity (Wildman–Crippen MR) is 100 cm³/mol. The first-order valence-corrected chi connectivity index (χ1v) is 9.73. The van der Waals surface area contributed by atoms with E-state index < -0.39 is 78.3 Å². The fourth-order valence-electron chi connectivity index (χ4n) is 1.60. The van der Waals surface area contributed by atoms with Gasteiger partial charge in [-0.15, -0.1) is 0 Å². The first-order valence-electron chi connectivity index (χ1n) is 8.34. The molecule has 32 heavy (non-hydrogen) atoms. The quantitative estimate of drug-likeness (QED) is 0.0927. The number of nitrogens with one attached hydrogen (secondary N) is 1. The second-order valence-corrected chi connectivity index (χ2v) is 6.79. The third-order valence-electron chi connectivity index (χ3n) is 3.24. The van der Waals surface area contributed by atoms with Crippen LogP contribution in [0, 0.1) is 0 Å². The Hall–Kier alpha value is -1.68. The Morgan fingerprint density at radius 3 is 1.38 bits per heavy atom. The summed E-state index contributed by atoms with van der Waals surface area (Å²) in [6.07, 6.45) is -11.6. The number of aldehydes is 2. The van der Waals surface area contributed by atoms with Crippen molar-refractivity contribution >= 4 is 28.9 Å². The summed E-state index contributed by atoms with van der Waals surface area (Å²) >= 11 is 0. The first-order chi connectivity index (χ1) is 14.5. The second kappa shape index (κ2) is 17.8. The van der Waals surface area contributed by atoms with E-state index in [0.717, 1.165) is 6.92 Å². The molecule has 1 amide bonds. The van der Waals surface area contributed by atoms with Gasteiger partial charge in [-0.25, -0.2) is 0 Å². The molecule has 0 aliphatic carbocycles. The molecule has 0 unspecified atom stereocenters. The van der Waals surface area contributed by atoms with Gasteiger partial charge in [-0.1, -0.05) is 0 Å². The lowest BCUT2D eigenvalue weighted by molar-refractivity contribution is -0.136. The third kappa shape index (κ3) is 17.9. The van der Waals surface area contributed by atoms with Crippen LogP contribution in [0.1, 0.15) is 6.92 Å². The van der Waals surface area contributed by atoms with Gasteiger partial charge in [0.1, 0.15) is 55.1 Å². The van der Waals surface area contributed by atoms with Crippen molar-refractivity contribution in [3.05, 3.63) is 0 Å². The van der Waals surface area contributed by atoms with Crippen molar-refractivity contribution < 1.29 is 77.9 Å². The van der Waals surface area contributed by atoms with E-state index in [0.29, 0.717) is 0 Å². The van der Waals surface area contributed by atoms with Crippen LogP contribution in [0.15, 0.2) is 0 Å². The second-order valence-electron chi connectivity index (χ2n) is 5.90. The molecule has 0 fully saturated rings. The molecular formula is C14H29NO16S. The lowest BCUT2D eigenvalue weighted by Gasteiger charge is -2.25. The van der Waals surface area contributed by atoms with Gasteiger partial charge in [0.15, 0.2) is 6.29 Å². The Kier molecular flexibility index (Phi) is 19.5. The topological polar surface area (TPSA) is 320 Å². The standard InChI is InChI=1S/C8H15NO6.C6H12O6.H2O4S/c1-4(12)9-5(2-10)7(14)8(15)6(13)3-11;7-1-3(9)5(11)6(12)4(10)2-8;1-5(2,3)4/h2,5-8,11,13-15H,3H2,1H3,(H,9,12);1,3-6,8-12H,2H2;(H2,1,2,3,4)/t5-,6+,7+,8+;3-,4+,5+,6-;/m00./s1. The van der Waals surface area contributed by atoms with Crippen LogP contribution >= 0.6 is 0 Å². The lowest BCUT2D eigenvalue weighted by Crippen LogP contribution is -2.53. The van der Waals surface area contributed by atoms with Crippen molar-refractivity contribution in [3.63, 3.8) is 0 Å². The van der Waals surface area contributed by atoms with Gasteiger partial charge in [0.25, 0.3) is 0 Å². The molecule has 12 N–H and O–H groups in total. The van der Waals surface area contributed by atoms with E-state index in [9.17, 15) is 24.6 Å². The number of aliphatic hydroxyl groups is 9. The number of amides is 1. The molecule has 0 aromatic carbocycles. The van der Waals surface area contributed by atoms with Crippen molar-refractivity contribution in [1.29, 1.82) is 0 Å². The highest BCUT2D eigenvalue weighted by atomic mass is 32.3. The van der Waals surface area contributed by atoms with E-state index in [1.54, 1.807) is 0 Å².